The molecule has 1 amide bonds. The number of nitrogens with zero attached hydrogens (tertiary/aromatic N) is 4. The maximum atomic E-state index is 12.5. The number of carbonyl (C=O) groups is 1. The average molecular weight is 286 g/mol. The molecule has 2 aromatic heterocycles. The van der Waals surface area contributed by atoms with Gasteiger partial charge in [0.1, 0.15) is 12.1 Å². The molecule has 0 radical (unpaired) electrons. The molecule has 0 aliphatic carbocycles. The number of carbonyl (C=O) groups excluding carboxylic acids is 1. The standard InChI is InChI=1S/C16H22N4O/c1-12(16(2,3)4)19(5)15(21)13-6-7-14(18-10-13)20-9-8-17-11-20/h6-12H,1-5H3/t12-/m0/s1. The molecular formula is C16H22N4O. The number of hydrogen-bond acceptors (Lipinski definition) is 3. The zero-order valence-corrected chi connectivity index (χ0v) is 13.2. The van der Waals surface area contributed by atoms with Gasteiger partial charge < -0.3 is 4.90 Å². The van der Waals surface area contributed by atoms with Crippen LogP contribution in [-0.2, 0) is 0 Å². The van der Waals surface area contributed by atoms with Gasteiger partial charge in [-0.05, 0) is 24.5 Å². The molecule has 112 valence electrons. The topological polar surface area (TPSA) is 51.0 Å². The zero-order chi connectivity index (χ0) is 15.6. The Balaban J connectivity index is 2.17. The van der Waals surface area contributed by atoms with Crippen LogP contribution in [0.4, 0.5) is 0 Å². The van der Waals surface area contributed by atoms with E-state index in [1.807, 2.05) is 19.3 Å². The highest BCUT2D eigenvalue weighted by Gasteiger charge is 2.27. The third-order valence-electron chi connectivity index (χ3n) is 3.92. The van der Waals surface area contributed by atoms with Gasteiger partial charge in [-0.2, -0.15) is 0 Å². The minimum Gasteiger partial charge on any atom is -0.338 e. The van der Waals surface area contributed by atoms with Crippen molar-refractivity contribution < 1.29 is 4.79 Å². The van der Waals surface area contributed by atoms with Gasteiger partial charge >= 0.3 is 0 Å². The number of pyridine rings is 1. The summed E-state index contributed by atoms with van der Waals surface area (Å²) in [5.74, 6) is 0.734. The van der Waals surface area contributed by atoms with E-state index in [1.54, 1.807) is 34.3 Å². The third-order valence-corrected chi connectivity index (χ3v) is 3.92. The lowest BCUT2D eigenvalue weighted by Crippen LogP contribution is -2.43. The monoisotopic (exact) mass is 286 g/mol. The minimum atomic E-state index is -0.0119. The maximum Gasteiger partial charge on any atom is 0.255 e. The lowest BCUT2D eigenvalue weighted by molar-refractivity contribution is 0.0629. The first kappa shape index (κ1) is 15.2. The summed E-state index contributed by atoms with van der Waals surface area (Å²) in [6.07, 6.45) is 6.80. The lowest BCUT2D eigenvalue weighted by atomic mass is 9.87. The summed E-state index contributed by atoms with van der Waals surface area (Å²) in [6, 6.07) is 3.76. The Bertz CT molecular complexity index is 596. The Morgan fingerprint density at radius 2 is 2.05 bits per heavy atom. The third kappa shape index (κ3) is 3.29. The summed E-state index contributed by atoms with van der Waals surface area (Å²) in [7, 11) is 1.84. The molecule has 2 heterocycles. The van der Waals surface area contributed by atoms with Crippen LogP contribution in [0.15, 0.2) is 37.1 Å². The van der Waals surface area contributed by atoms with Crippen LogP contribution in [0.3, 0.4) is 0 Å². The second-order valence-electron chi connectivity index (χ2n) is 6.33. The number of hydrogen-bond donors (Lipinski definition) is 0. The first-order valence-corrected chi connectivity index (χ1v) is 7.02. The molecule has 0 unspecified atom stereocenters. The van der Waals surface area contributed by atoms with E-state index >= 15 is 0 Å². The molecule has 5 heteroatoms. The summed E-state index contributed by atoms with van der Waals surface area (Å²) in [5, 5.41) is 0. The highest BCUT2D eigenvalue weighted by atomic mass is 16.2. The van der Waals surface area contributed by atoms with Crippen LogP contribution in [0.5, 0.6) is 0 Å². The quantitative estimate of drug-likeness (QED) is 0.871. The van der Waals surface area contributed by atoms with Gasteiger partial charge in [-0.1, -0.05) is 20.8 Å². The van der Waals surface area contributed by atoms with Crippen LogP contribution in [0.2, 0.25) is 0 Å². The first-order chi connectivity index (χ1) is 9.80. The summed E-state index contributed by atoms with van der Waals surface area (Å²) >= 11 is 0. The van der Waals surface area contributed by atoms with E-state index in [0.717, 1.165) is 5.82 Å². The van der Waals surface area contributed by atoms with Crippen molar-refractivity contribution in [2.45, 2.75) is 33.7 Å². The van der Waals surface area contributed by atoms with Gasteiger partial charge in [0.05, 0.1) is 5.56 Å². The number of rotatable bonds is 3. The molecule has 1 atom stereocenters. The fourth-order valence-corrected chi connectivity index (χ4v) is 2.02. The van der Waals surface area contributed by atoms with Gasteiger partial charge in [0.15, 0.2) is 0 Å². The minimum absolute atomic E-state index is 0.0119. The largest absolute Gasteiger partial charge is 0.338 e. The Labute approximate surface area is 125 Å². The highest BCUT2D eigenvalue weighted by Crippen LogP contribution is 2.24. The molecule has 0 saturated heterocycles. The van der Waals surface area contributed by atoms with Gasteiger partial charge in [-0.25, -0.2) is 9.97 Å². The summed E-state index contributed by atoms with van der Waals surface area (Å²) < 4.78 is 1.80. The predicted octanol–water partition coefficient (Wildman–Crippen LogP) is 2.77. The fraction of sp³-hybridized carbons (Fsp3) is 0.438. The van der Waals surface area contributed by atoms with Crippen LogP contribution in [0, 0.1) is 5.41 Å². The van der Waals surface area contributed by atoms with Gasteiger partial charge in [0, 0.05) is 31.7 Å². The van der Waals surface area contributed by atoms with Crippen molar-refractivity contribution in [3.63, 3.8) is 0 Å². The molecule has 0 N–H and O–H groups in total. The maximum absolute atomic E-state index is 12.5. The molecule has 0 spiro atoms. The van der Waals surface area contributed by atoms with E-state index in [4.69, 9.17) is 0 Å². The molecule has 5 nitrogen and oxygen atoms in total. The number of aromatic nitrogens is 3. The van der Waals surface area contributed by atoms with E-state index in [0.29, 0.717) is 5.56 Å². The lowest BCUT2D eigenvalue weighted by Gasteiger charge is -2.35. The average Bonchev–Trinajstić information content (AvgIpc) is 2.98. The van der Waals surface area contributed by atoms with E-state index < -0.39 is 0 Å². The van der Waals surface area contributed by atoms with Crippen molar-refractivity contribution in [3.8, 4) is 5.82 Å². The van der Waals surface area contributed by atoms with Crippen LogP contribution >= 0.6 is 0 Å². The van der Waals surface area contributed by atoms with Gasteiger partial charge in [0.2, 0.25) is 0 Å². The van der Waals surface area contributed by atoms with Crippen molar-refractivity contribution in [1.82, 2.24) is 19.4 Å². The van der Waals surface area contributed by atoms with E-state index in [1.165, 1.54) is 0 Å². The number of amides is 1. The molecule has 21 heavy (non-hydrogen) atoms. The molecule has 0 aliphatic rings. The Morgan fingerprint density at radius 3 is 2.52 bits per heavy atom. The molecular weight excluding hydrogens is 264 g/mol. The number of imidazole rings is 1. The van der Waals surface area contributed by atoms with Gasteiger partial charge in [-0.15, -0.1) is 0 Å². The predicted molar refractivity (Wildman–Crippen MR) is 82.4 cm³/mol. The van der Waals surface area contributed by atoms with E-state index in [9.17, 15) is 4.79 Å². The molecule has 0 aromatic carbocycles. The zero-order valence-electron chi connectivity index (χ0n) is 13.2. The smallest absolute Gasteiger partial charge is 0.255 e. The van der Waals surface area contributed by atoms with Crippen LogP contribution in [0.1, 0.15) is 38.1 Å². The summed E-state index contributed by atoms with van der Waals surface area (Å²) in [5.41, 5.74) is 0.631. The van der Waals surface area contributed by atoms with Crippen molar-refractivity contribution in [2.24, 2.45) is 5.41 Å². The summed E-state index contributed by atoms with van der Waals surface area (Å²) in [4.78, 5) is 22.6. The summed E-state index contributed by atoms with van der Waals surface area (Å²) in [6.45, 7) is 8.44. The first-order valence-electron chi connectivity index (χ1n) is 7.02. The van der Waals surface area contributed by atoms with Crippen LogP contribution < -0.4 is 0 Å². The Kier molecular flexibility index (Phi) is 4.11. The van der Waals surface area contributed by atoms with Crippen molar-refractivity contribution in [3.05, 3.63) is 42.6 Å². The van der Waals surface area contributed by atoms with Crippen molar-refractivity contribution >= 4 is 5.91 Å². The second kappa shape index (κ2) is 5.68. The van der Waals surface area contributed by atoms with E-state index in [-0.39, 0.29) is 17.4 Å². The SMILES string of the molecule is C[C@H](N(C)C(=O)c1ccc(-n2ccnc2)nc1)C(C)(C)C. The highest BCUT2D eigenvalue weighted by molar-refractivity contribution is 5.94. The molecule has 0 aliphatic heterocycles. The van der Waals surface area contributed by atoms with Crippen molar-refractivity contribution in [2.75, 3.05) is 7.05 Å². The second-order valence-corrected chi connectivity index (χ2v) is 6.33. The van der Waals surface area contributed by atoms with Gasteiger partial charge in [-0.3, -0.25) is 9.36 Å². The molecule has 0 fully saturated rings. The normalized spacial score (nSPS) is 13.0. The van der Waals surface area contributed by atoms with Crippen molar-refractivity contribution in [1.29, 1.82) is 0 Å². The molecule has 0 saturated carbocycles. The molecule has 2 aromatic rings. The van der Waals surface area contributed by atoms with E-state index in [2.05, 4.69) is 37.7 Å². The fourth-order valence-electron chi connectivity index (χ4n) is 2.02. The Morgan fingerprint density at radius 1 is 1.33 bits per heavy atom. The van der Waals surface area contributed by atoms with Crippen LogP contribution in [-0.4, -0.2) is 38.4 Å². The Hall–Kier alpha value is -2.17. The van der Waals surface area contributed by atoms with Crippen LogP contribution in [0.25, 0.3) is 5.82 Å². The molecule has 2 rings (SSSR count). The van der Waals surface area contributed by atoms with Gasteiger partial charge in [0.25, 0.3) is 5.91 Å². The molecule has 0 bridgehead atoms.